The standard InChI is InChI=1S/C17H17FN4O5S/c1-10(23)20-17-21-13(9-28-17)16(26)27-8-15(25)22(7-6-14(19)24)12-4-2-11(18)3-5-12/h2-5,9H,6-8H2,1H3,(H2,19,24)(H,20,21,23). The number of amides is 3. The summed E-state index contributed by atoms with van der Waals surface area (Å²) in [4.78, 5) is 51.6. The number of aromatic nitrogens is 1. The van der Waals surface area contributed by atoms with Crippen LogP contribution in [-0.4, -0.2) is 41.8 Å². The van der Waals surface area contributed by atoms with Crippen LogP contribution in [0.25, 0.3) is 0 Å². The van der Waals surface area contributed by atoms with E-state index in [1.807, 2.05) is 0 Å². The summed E-state index contributed by atoms with van der Waals surface area (Å²) in [6.45, 7) is 0.622. The van der Waals surface area contributed by atoms with Crippen molar-refractivity contribution in [2.45, 2.75) is 13.3 Å². The van der Waals surface area contributed by atoms with Gasteiger partial charge in [0.25, 0.3) is 5.91 Å². The Balaban J connectivity index is 2.02. The monoisotopic (exact) mass is 408 g/mol. The highest BCUT2D eigenvalue weighted by Gasteiger charge is 2.20. The number of nitrogens with one attached hydrogen (secondary N) is 1. The van der Waals surface area contributed by atoms with E-state index in [0.717, 1.165) is 23.5 Å². The number of carbonyl (C=O) groups excluding carboxylic acids is 4. The Labute approximate surface area is 163 Å². The third kappa shape index (κ3) is 6.13. The number of thiazole rings is 1. The molecule has 1 aromatic heterocycles. The molecular weight excluding hydrogens is 391 g/mol. The largest absolute Gasteiger partial charge is 0.451 e. The van der Waals surface area contributed by atoms with Gasteiger partial charge in [-0.25, -0.2) is 14.2 Å². The molecule has 11 heteroatoms. The van der Waals surface area contributed by atoms with Gasteiger partial charge in [-0.05, 0) is 24.3 Å². The number of anilines is 2. The fourth-order valence-corrected chi connectivity index (χ4v) is 2.82. The minimum absolute atomic E-state index is 0.0548. The molecule has 1 heterocycles. The van der Waals surface area contributed by atoms with Gasteiger partial charge in [-0.1, -0.05) is 0 Å². The number of benzene rings is 1. The highest BCUT2D eigenvalue weighted by molar-refractivity contribution is 7.14. The molecule has 0 aliphatic carbocycles. The molecule has 0 bridgehead atoms. The Bertz CT molecular complexity index is 884. The topological polar surface area (TPSA) is 132 Å². The van der Waals surface area contributed by atoms with Crippen LogP contribution in [0.4, 0.5) is 15.2 Å². The van der Waals surface area contributed by atoms with Crippen molar-refractivity contribution in [1.29, 1.82) is 0 Å². The van der Waals surface area contributed by atoms with Crippen LogP contribution in [-0.2, 0) is 19.1 Å². The van der Waals surface area contributed by atoms with Gasteiger partial charge in [-0.2, -0.15) is 0 Å². The summed E-state index contributed by atoms with van der Waals surface area (Å²) in [7, 11) is 0. The highest BCUT2D eigenvalue weighted by atomic mass is 32.1. The summed E-state index contributed by atoms with van der Waals surface area (Å²) in [6.07, 6.45) is -0.122. The molecule has 28 heavy (non-hydrogen) atoms. The predicted molar refractivity (Wildman–Crippen MR) is 99.3 cm³/mol. The van der Waals surface area contributed by atoms with Crippen LogP contribution in [0.2, 0.25) is 0 Å². The molecule has 0 fully saturated rings. The first-order valence-corrected chi connectivity index (χ1v) is 8.88. The average molecular weight is 408 g/mol. The zero-order valence-corrected chi connectivity index (χ0v) is 15.6. The van der Waals surface area contributed by atoms with Crippen molar-refractivity contribution in [3.8, 4) is 0 Å². The van der Waals surface area contributed by atoms with Crippen LogP contribution in [0.5, 0.6) is 0 Å². The SMILES string of the molecule is CC(=O)Nc1nc(C(=O)OCC(=O)N(CCC(N)=O)c2ccc(F)cc2)cs1. The number of hydrogen-bond donors (Lipinski definition) is 2. The van der Waals surface area contributed by atoms with Crippen molar-refractivity contribution in [3.63, 3.8) is 0 Å². The van der Waals surface area contributed by atoms with E-state index in [1.165, 1.54) is 29.3 Å². The zero-order valence-electron chi connectivity index (χ0n) is 14.8. The van der Waals surface area contributed by atoms with Gasteiger partial charge in [-0.3, -0.25) is 14.4 Å². The zero-order chi connectivity index (χ0) is 20.7. The van der Waals surface area contributed by atoms with Gasteiger partial charge in [0.05, 0.1) is 0 Å². The van der Waals surface area contributed by atoms with Crippen LogP contribution in [0.1, 0.15) is 23.8 Å². The van der Waals surface area contributed by atoms with Crippen molar-refractivity contribution in [1.82, 2.24) is 4.98 Å². The molecule has 0 saturated heterocycles. The van der Waals surface area contributed by atoms with Gasteiger partial charge >= 0.3 is 5.97 Å². The molecule has 9 nitrogen and oxygen atoms in total. The lowest BCUT2D eigenvalue weighted by Gasteiger charge is -2.22. The molecule has 0 aliphatic heterocycles. The molecule has 148 valence electrons. The minimum Gasteiger partial charge on any atom is -0.451 e. The van der Waals surface area contributed by atoms with Gasteiger partial charge in [-0.15, -0.1) is 11.3 Å². The second kappa shape index (κ2) is 9.55. The number of hydrogen-bond acceptors (Lipinski definition) is 7. The molecule has 0 radical (unpaired) electrons. The fraction of sp³-hybridized carbons (Fsp3) is 0.235. The van der Waals surface area contributed by atoms with Gasteiger partial charge < -0.3 is 20.7 Å². The summed E-state index contributed by atoms with van der Waals surface area (Å²) >= 11 is 1.03. The first-order chi connectivity index (χ1) is 13.3. The first-order valence-electron chi connectivity index (χ1n) is 8.00. The fourth-order valence-electron chi connectivity index (χ4n) is 2.10. The molecule has 0 saturated carbocycles. The number of halogens is 1. The van der Waals surface area contributed by atoms with Crippen LogP contribution in [0, 0.1) is 5.82 Å². The smallest absolute Gasteiger partial charge is 0.358 e. The molecule has 2 aromatic rings. The summed E-state index contributed by atoms with van der Waals surface area (Å²) in [5, 5.41) is 4.03. The van der Waals surface area contributed by atoms with E-state index in [9.17, 15) is 23.6 Å². The molecule has 1 aromatic carbocycles. The summed E-state index contributed by atoms with van der Waals surface area (Å²) in [5.74, 6) is -2.93. The molecule has 3 amide bonds. The Hall–Kier alpha value is -3.34. The molecular formula is C17H17FN4O5S. The van der Waals surface area contributed by atoms with E-state index in [-0.39, 0.29) is 29.7 Å². The van der Waals surface area contributed by atoms with Crippen LogP contribution < -0.4 is 16.0 Å². The summed E-state index contributed by atoms with van der Waals surface area (Å²) in [5.41, 5.74) is 5.38. The Morgan fingerprint density at radius 2 is 1.93 bits per heavy atom. The van der Waals surface area contributed by atoms with E-state index >= 15 is 0 Å². The average Bonchev–Trinajstić information content (AvgIpc) is 3.08. The van der Waals surface area contributed by atoms with E-state index in [1.54, 1.807) is 0 Å². The van der Waals surface area contributed by atoms with Crippen molar-refractivity contribution < 1.29 is 28.3 Å². The molecule has 0 unspecified atom stereocenters. The Morgan fingerprint density at radius 1 is 1.25 bits per heavy atom. The van der Waals surface area contributed by atoms with E-state index in [4.69, 9.17) is 10.5 Å². The number of nitrogens with two attached hydrogens (primary N) is 1. The molecule has 0 aliphatic rings. The summed E-state index contributed by atoms with van der Waals surface area (Å²) in [6, 6.07) is 5.03. The number of ether oxygens (including phenoxy) is 1. The Morgan fingerprint density at radius 3 is 2.54 bits per heavy atom. The van der Waals surface area contributed by atoms with Crippen LogP contribution in [0.15, 0.2) is 29.6 Å². The second-order valence-corrected chi connectivity index (χ2v) is 6.39. The van der Waals surface area contributed by atoms with Gasteiger partial charge in [0.2, 0.25) is 11.8 Å². The molecule has 0 spiro atoms. The van der Waals surface area contributed by atoms with E-state index < -0.39 is 30.2 Å². The number of primary amides is 1. The van der Waals surface area contributed by atoms with Gasteiger partial charge in [0.15, 0.2) is 17.4 Å². The number of nitrogens with zero attached hydrogens (tertiary/aromatic N) is 2. The van der Waals surface area contributed by atoms with Crippen LogP contribution >= 0.6 is 11.3 Å². The van der Waals surface area contributed by atoms with E-state index in [0.29, 0.717) is 5.69 Å². The molecule has 0 atom stereocenters. The van der Waals surface area contributed by atoms with Crippen molar-refractivity contribution >= 4 is 45.8 Å². The van der Waals surface area contributed by atoms with Gasteiger partial charge in [0, 0.05) is 31.0 Å². The maximum atomic E-state index is 13.1. The van der Waals surface area contributed by atoms with Crippen molar-refractivity contribution in [2.75, 3.05) is 23.4 Å². The molecule has 2 rings (SSSR count). The third-order valence-corrected chi connectivity index (χ3v) is 4.10. The second-order valence-electron chi connectivity index (χ2n) is 5.53. The van der Waals surface area contributed by atoms with E-state index in [2.05, 4.69) is 10.3 Å². The van der Waals surface area contributed by atoms with Crippen molar-refractivity contribution in [2.24, 2.45) is 5.73 Å². The lowest BCUT2D eigenvalue weighted by Crippen LogP contribution is -2.37. The highest BCUT2D eigenvalue weighted by Crippen LogP contribution is 2.18. The van der Waals surface area contributed by atoms with Crippen molar-refractivity contribution in [3.05, 3.63) is 41.2 Å². The normalized spacial score (nSPS) is 10.2. The first kappa shape index (κ1) is 21.0. The Kier molecular flexibility index (Phi) is 7.15. The minimum atomic E-state index is -0.852. The predicted octanol–water partition coefficient (Wildman–Crippen LogP) is 1.31. The number of esters is 1. The maximum Gasteiger partial charge on any atom is 0.358 e. The van der Waals surface area contributed by atoms with Gasteiger partial charge in [0.1, 0.15) is 5.82 Å². The number of rotatable bonds is 8. The third-order valence-electron chi connectivity index (χ3n) is 3.34. The lowest BCUT2D eigenvalue weighted by atomic mass is 10.2. The quantitative estimate of drug-likeness (QED) is 0.633. The van der Waals surface area contributed by atoms with Crippen LogP contribution in [0.3, 0.4) is 0 Å². The summed E-state index contributed by atoms with van der Waals surface area (Å²) < 4.78 is 18.1. The molecule has 3 N–H and O–H groups in total. The maximum absolute atomic E-state index is 13.1. The lowest BCUT2D eigenvalue weighted by molar-refractivity contribution is -0.122. The number of carbonyl (C=O) groups is 4.